The molecule has 1 atom stereocenters. The van der Waals surface area contributed by atoms with Gasteiger partial charge in [0.25, 0.3) is 0 Å². The highest BCUT2D eigenvalue weighted by Gasteiger charge is 2.08. The predicted octanol–water partition coefficient (Wildman–Crippen LogP) is 2.57. The number of nitrogens with one attached hydrogen (secondary N) is 1. The average molecular weight is 293 g/mol. The van der Waals surface area contributed by atoms with Crippen LogP contribution in [0, 0.1) is 19.7 Å². The van der Waals surface area contributed by atoms with Gasteiger partial charge in [-0.15, -0.1) is 0 Å². The number of hydrogen-bond donors (Lipinski definition) is 2. The van der Waals surface area contributed by atoms with Crippen molar-refractivity contribution in [2.24, 2.45) is 0 Å². The second kappa shape index (κ2) is 7.24. The van der Waals surface area contributed by atoms with Crippen LogP contribution in [0.5, 0.6) is 5.75 Å². The number of aryl methyl sites for hydroxylation is 2. The maximum atomic E-state index is 12.7. The molecule has 1 aromatic heterocycles. The number of benzene rings is 1. The molecular weight excluding hydrogens is 273 g/mol. The lowest BCUT2D eigenvalue weighted by atomic mass is 10.2. The zero-order valence-corrected chi connectivity index (χ0v) is 12.2. The van der Waals surface area contributed by atoms with Gasteiger partial charge < -0.3 is 19.6 Å². The van der Waals surface area contributed by atoms with Crippen molar-refractivity contribution in [1.29, 1.82) is 0 Å². The summed E-state index contributed by atoms with van der Waals surface area (Å²) >= 11 is 0. The third-order valence-corrected chi connectivity index (χ3v) is 3.10. The smallest absolute Gasteiger partial charge is 0.123 e. The van der Waals surface area contributed by atoms with E-state index in [1.807, 2.05) is 19.9 Å². The molecule has 0 bridgehead atoms. The molecule has 114 valence electrons. The number of rotatable bonds is 7. The number of aliphatic hydroxyl groups is 1. The van der Waals surface area contributed by atoms with Crippen LogP contribution in [0.15, 0.2) is 34.7 Å². The largest absolute Gasteiger partial charge is 0.491 e. The van der Waals surface area contributed by atoms with Gasteiger partial charge >= 0.3 is 0 Å². The summed E-state index contributed by atoms with van der Waals surface area (Å²) in [7, 11) is 0. The van der Waals surface area contributed by atoms with Gasteiger partial charge in [0, 0.05) is 18.7 Å². The van der Waals surface area contributed by atoms with Crippen molar-refractivity contribution in [3.63, 3.8) is 0 Å². The second-order valence-corrected chi connectivity index (χ2v) is 4.99. The van der Waals surface area contributed by atoms with E-state index in [1.54, 1.807) is 0 Å². The number of furan rings is 1. The molecule has 1 heterocycles. The first kappa shape index (κ1) is 15.5. The number of hydrogen-bond acceptors (Lipinski definition) is 4. The van der Waals surface area contributed by atoms with E-state index < -0.39 is 6.10 Å². The molecule has 0 saturated carbocycles. The quantitative estimate of drug-likeness (QED) is 0.824. The first-order chi connectivity index (χ1) is 10.0. The van der Waals surface area contributed by atoms with Gasteiger partial charge in [-0.3, -0.25) is 0 Å². The van der Waals surface area contributed by atoms with Crippen LogP contribution in [-0.2, 0) is 6.54 Å². The molecule has 21 heavy (non-hydrogen) atoms. The van der Waals surface area contributed by atoms with Crippen LogP contribution in [0.2, 0.25) is 0 Å². The van der Waals surface area contributed by atoms with Crippen molar-refractivity contribution < 1.29 is 18.7 Å². The molecule has 0 aliphatic heterocycles. The van der Waals surface area contributed by atoms with Crippen LogP contribution in [-0.4, -0.2) is 24.4 Å². The van der Waals surface area contributed by atoms with E-state index in [-0.39, 0.29) is 12.4 Å². The summed E-state index contributed by atoms with van der Waals surface area (Å²) in [5.74, 6) is 1.99. The maximum Gasteiger partial charge on any atom is 0.123 e. The normalized spacial score (nSPS) is 12.4. The van der Waals surface area contributed by atoms with Crippen LogP contribution in [0.4, 0.5) is 4.39 Å². The molecule has 0 saturated heterocycles. The van der Waals surface area contributed by atoms with Gasteiger partial charge in [0.2, 0.25) is 0 Å². The van der Waals surface area contributed by atoms with E-state index in [0.717, 1.165) is 17.1 Å². The van der Waals surface area contributed by atoms with Gasteiger partial charge in [-0.1, -0.05) is 0 Å². The zero-order valence-electron chi connectivity index (χ0n) is 12.2. The Morgan fingerprint density at radius 1 is 1.29 bits per heavy atom. The number of halogens is 1. The van der Waals surface area contributed by atoms with E-state index in [4.69, 9.17) is 9.15 Å². The highest BCUT2D eigenvalue weighted by Crippen LogP contribution is 2.13. The summed E-state index contributed by atoms with van der Waals surface area (Å²) in [5.41, 5.74) is 1.08. The molecule has 4 nitrogen and oxygen atoms in total. The molecule has 2 N–H and O–H groups in total. The van der Waals surface area contributed by atoms with Gasteiger partial charge in [0.1, 0.15) is 35.8 Å². The molecule has 0 fully saturated rings. The van der Waals surface area contributed by atoms with Gasteiger partial charge in [0.05, 0.1) is 0 Å². The van der Waals surface area contributed by atoms with E-state index >= 15 is 0 Å². The Kier molecular flexibility index (Phi) is 5.36. The van der Waals surface area contributed by atoms with Crippen molar-refractivity contribution in [1.82, 2.24) is 5.32 Å². The standard InChI is InChI=1S/C16H20FNO3/c1-11-7-13(12(2)21-11)8-18-9-15(19)10-20-16-5-3-14(17)4-6-16/h3-7,15,18-19H,8-10H2,1-2H3. The van der Waals surface area contributed by atoms with Gasteiger partial charge in [-0.05, 0) is 44.2 Å². The number of ether oxygens (including phenoxy) is 1. The van der Waals surface area contributed by atoms with Crippen molar-refractivity contribution in [3.05, 3.63) is 53.2 Å². The van der Waals surface area contributed by atoms with Crippen molar-refractivity contribution in [2.75, 3.05) is 13.2 Å². The molecule has 0 spiro atoms. The topological polar surface area (TPSA) is 54.6 Å². The molecule has 1 aromatic carbocycles. The fourth-order valence-electron chi connectivity index (χ4n) is 2.01. The highest BCUT2D eigenvalue weighted by molar-refractivity contribution is 5.22. The summed E-state index contributed by atoms with van der Waals surface area (Å²) in [4.78, 5) is 0. The van der Waals surface area contributed by atoms with Gasteiger partial charge in [0.15, 0.2) is 0 Å². The highest BCUT2D eigenvalue weighted by atomic mass is 19.1. The minimum absolute atomic E-state index is 0.155. The SMILES string of the molecule is Cc1cc(CNCC(O)COc2ccc(F)cc2)c(C)o1. The Balaban J connectivity index is 1.69. The first-order valence-electron chi connectivity index (χ1n) is 6.87. The average Bonchev–Trinajstić information content (AvgIpc) is 2.76. The van der Waals surface area contributed by atoms with E-state index in [2.05, 4.69) is 5.32 Å². The Labute approximate surface area is 123 Å². The third kappa shape index (κ3) is 4.88. The third-order valence-electron chi connectivity index (χ3n) is 3.10. The first-order valence-corrected chi connectivity index (χ1v) is 6.87. The molecule has 0 amide bonds. The minimum atomic E-state index is -0.636. The summed E-state index contributed by atoms with van der Waals surface area (Å²) in [6.07, 6.45) is -0.636. The van der Waals surface area contributed by atoms with Crippen molar-refractivity contribution >= 4 is 0 Å². The molecule has 0 radical (unpaired) electrons. The summed E-state index contributed by atoms with van der Waals surface area (Å²) in [5, 5.41) is 13.0. The molecule has 0 aliphatic carbocycles. The van der Waals surface area contributed by atoms with E-state index in [0.29, 0.717) is 18.8 Å². The Hall–Kier alpha value is -1.85. The van der Waals surface area contributed by atoms with Crippen molar-refractivity contribution in [2.45, 2.75) is 26.5 Å². The van der Waals surface area contributed by atoms with Crippen LogP contribution in [0.3, 0.4) is 0 Å². The lowest BCUT2D eigenvalue weighted by Crippen LogP contribution is -2.31. The van der Waals surface area contributed by atoms with Gasteiger partial charge in [-0.2, -0.15) is 0 Å². The van der Waals surface area contributed by atoms with E-state index in [9.17, 15) is 9.50 Å². The summed E-state index contributed by atoms with van der Waals surface area (Å²) in [6, 6.07) is 7.69. The molecule has 5 heteroatoms. The lowest BCUT2D eigenvalue weighted by molar-refractivity contribution is 0.106. The monoisotopic (exact) mass is 293 g/mol. The predicted molar refractivity (Wildman–Crippen MR) is 77.8 cm³/mol. The van der Waals surface area contributed by atoms with Crippen LogP contribution >= 0.6 is 0 Å². The van der Waals surface area contributed by atoms with E-state index in [1.165, 1.54) is 24.3 Å². The second-order valence-electron chi connectivity index (χ2n) is 4.99. The van der Waals surface area contributed by atoms with Crippen molar-refractivity contribution in [3.8, 4) is 5.75 Å². The van der Waals surface area contributed by atoms with Crippen LogP contribution < -0.4 is 10.1 Å². The Bertz CT molecular complexity index is 565. The molecule has 2 rings (SSSR count). The van der Waals surface area contributed by atoms with Gasteiger partial charge in [-0.25, -0.2) is 4.39 Å². The molecular formula is C16H20FNO3. The maximum absolute atomic E-state index is 12.7. The fraction of sp³-hybridized carbons (Fsp3) is 0.375. The molecule has 1 unspecified atom stereocenters. The summed E-state index contributed by atoms with van der Waals surface area (Å²) < 4.78 is 23.5. The fourth-order valence-corrected chi connectivity index (χ4v) is 2.01. The lowest BCUT2D eigenvalue weighted by Gasteiger charge is -2.13. The number of aliphatic hydroxyl groups excluding tert-OH is 1. The van der Waals surface area contributed by atoms with Crippen LogP contribution in [0.1, 0.15) is 17.1 Å². The van der Waals surface area contributed by atoms with Crippen LogP contribution in [0.25, 0.3) is 0 Å². The Morgan fingerprint density at radius 3 is 2.62 bits per heavy atom. The Morgan fingerprint density at radius 2 is 2.00 bits per heavy atom. The minimum Gasteiger partial charge on any atom is -0.491 e. The zero-order chi connectivity index (χ0) is 15.2. The molecule has 0 aliphatic rings. The summed E-state index contributed by atoms with van der Waals surface area (Å²) in [6.45, 7) is 5.02. The molecule has 2 aromatic rings.